The van der Waals surface area contributed by atoms with E-state index in [2.05, 4.69) is 37.9 Å². The minimum Gasteiger partial charge on any atom is -0.308 e. The van der Waals surface area contributed by atoms with Gasteiger partial charge in [-0.1, -0.05) is 27.2 Å². The van der Waals surface area contributed by atoms with E-state index in [4.69, 9.17) is 0 Å². The lowest BCUT2D eigenvalue weighted by atomic mass is 10.3. The minimum absolute atomic E-state index is 1.17. The minimum atomic E-state index is 1.17. The van der Waals surface area contributed by atoms with Gasteiger partial charge in [0, 0.05) is 13.1 Å². The van der Waals surface area contributed by atoms with Crippen LogP contribution < -0.4 is 0 Å². The Labute approximate surface area is 84.9 Å². The van der Waals surface area contributed by atoms with Crippen molar-refractivity contribution in [3.05, 3.63) is 0 Å². The summed E-state index contributed by atoms with van der Waals surface area (Å²) in [4.78, 5) is 4.62. The molecule has 0 heterocycles. The number of hydrogen-bond donors (Lipinski definition) is 0. The summed E-state index contributed by atoms with van der Waals surface area (Å²) in [7, 11) is 6.43. The van der Waals surface area contributed by atoms with E-state index < -0.39 is 0 Å². The summed E-state index contributed by atoms with van der Waals surface area (Å²) in [6, 6.07) is 0. The fourth-order valence-corrected chi connectivity index (χ4v) is 0.911. The molecule has 0 aliphatic carbocycles. The predicted molar refractivity (Wildman–Crippen MR) is 62.3 cm³/mol. The van der Waals surface area contributed by atoms with Crippen LogP contribution in [0.3, 0.4) is 0 Å². The lowest BCUT2D eigenvalue weighted by Crippen LogP contribution is -2.29. The average Bonchev–Trinajstić information content (AvgIpc) is 2.14. The molecule has 0 rings (SSSR count). The van der Waals surface area contributed by atoms with Gasteiger partial charge in [-0.25, -0.2) is 0 Å². The van der Waals surface area contributed by atoms with Gasteiger partial charge in [-0.2, -0.15) is 0 Å². The van der Waals surface area contributed by atoms with Gasteiger partial charge in [0.2, 0.25) is 0 Å². The fourth-order valence-electron chi connectivity index (χ4n) is 0.911. The molecule has 13 heavy (non-hydrogen) atoms. The van der Waals surface area contributed by atoms with Crippen LogP contribution in [0, 0.1) is 0 Å². The molecular weight excluding hydrogens is 160 g/mol. The van der Waals surface area contributed by atoms with Crippen molar-refractivity contribution < 1.29 is 0 Å². The molecule has 0 bridgehead atoms. The van der Waals surface area contributed by atoms with Gasteiger partial charge in [0.05, 0.1) is 0 Å². The number of nitrogens with zero attached hydrogens (tertiary/aromatic N) is 2. The van der Waals surface area contributed by atoms with Crippen molar-refractivity contribution in [2.45, 2.75) is 33.6 Å². The Morgan fingerprint density at radius 3 is 1.77 bits per heavy atom. The zero-order valence-corrected chi connectivity index (χ0v) is 10.4. The van der Waals surface area contributed by atoms with Gasteiger partial charge in [0.15, 0.2) is 0 Å². The first-order chi connectivity index (χ1) is 6.16. The van der Waals surface area contributed by atoms with Crippen molar-refractivity contribution in [3.8, 4) is 0 Å². The van der Waals surface area contributed by atoms with Crippen molar-refractivity contribution >= 4 is 0 Å². The highest BCUT2D eigenvalue weighted by Gasteiger charge is 1.96. The van der Waals surface area contributed by atoms with E-state index in [9.17, 15) is 0 Å². The summed E-state index contributed by atoms with van der Waals surface area (Å²) in [6.45, 7) is 9.83. The molecule has 0 spiro atoms. The first-order valence-electron chi connectivity index (χ1n) is 5.50. The molecule has 0 aromatic carbocycles. The maximum absolute atomic E-state index is 2.39. The second kappa shape index (κ2) is 11.9. The molecule has 2 nitrogen and oxygen atoms in total. The van der Waals surface area contributed by atoms with Gasteiger partial charge in [-0.05, 0) is 34.1 Å². The van der Waals surface area contributed by atoms with Gasteiger partial charge in [0.1, 0.15) is 0 Å². The van der Waals surface area contributed by atoms with E-state index in [0.29, 0.717) is 0 Å². The normalized spacial score (nSPS) is 10.2. The molecule has 0 atom stereocenters. The third-order valence-corrected chi connectivity index (χ3v) is 1.82. The monoisotopic (exact) mass is 188 g/mol. The lowest BCUT2D eigenvalue weighted by molar-refractivity contribution is 0.279. The maximum atomic E-state index is 2.39. The fraction of sp³-hybridized carbons (Fsp3) is 1.00. The Kier molecular flexibility index (Phi) is 14.1. The van der Waals surface area contributed by atoms with Crippen molar-refractivity contribution in [1.82, 2.24) is 9.80 Å². The van der Waals surface area contributed by atoms with Crippen LogP contribution in [0.25, 0.3) is 0 Å². The number of likely N-dealkylation sites (N-methyl/N-ethyl adjacent to an activating group) is 2. The Morgan fingerprint density at radius 1 is 0.846 bits per heavy atom. The lowest BCUT2D eigenvalue weighted by Gasteiger charge is -2.18. The zero-order valence-electron chi connectivity index (χ0n) is 10.4. The summed E-state index contributed by atoms with van der Waals surface area (Å²) >= 11 is 0. The van der Waals surface area contributed by atoms with Gasteiger partial charge in [0.25, 0.3) is 0 Å². The smallest absolute Gasteiger partial charge is 0.0106 e. The number of hydrogen-bond acceptors (Lipinski definition) is 2. The summed E-state index contributed by atoms with van der Waals surface area (Å²) in [5.74, 6) is 0. The molecule has 0 fully saturated rings. The largest absolute Gasteiger partial charge is 0.308 e. The standard InChI is InChI=1S/C9H22N2.C2H6/c1-5-6-7-11(4)9-8-10(2)3;1-2/h5-9H2,1-4H3;1-2H3. The van der Waals surface area contributed by atoms with E-state index >= 15 is 0 Å². The SMILES string of the molecule is CC.CCCCN(C)CCN(C)C. The average molecular weight is 188 g/mol. The van der Waals surface area contributed by atoms with Crippen LogP contribution in [-0.2, 0) is 0 Å². The van der Waals surface area contributed by atoms with E-state index in [1.807, 2.05) is 13.8 Å². The van der Waals surface area contributed by atoms with Gasteiger partial charge in [-0.15, -0.1) is 0 Å². The van der Waals surface area contributed by atoms with E-state index in [1.54, 1.807) is 0 Å². The second-order valence-corrected chi connectivity index (χ2v) is 3.46. The van der Waals surface area contributed by atoms with Crippen LogP contribution in [0.2, 0.25) is 0 Å². The molecule has 0 aliphatic rings. The molecule has 82 valence electrons. The second-order valence-electron chi connectivity index (χ2n) is 3.46. The zero-order chi connectivity index (χ0) is 10.7. The Bertz CT molecular complexity index is 82.2. The van der Waals surface area contributed by atoms with Crippen molar-refractivity contribution in [1.29, 1.82) is 0 Å². The molecule has 2 heteroatoms. The molecule has 0 aliphatic heterocycles. The number of unbranched alkanes of at least 4 members (excludes halogenated alkanes) is 1. The molecule has 0 N–H and O–H groups in total. The van der Waals surface area contributed by atoms with Crippen LogP contribution in [-0.4, -0.2) is 50.6 Å². The molecule has 0 saturated heterocycles. The summed E-state index contributed by atoms with van der Waals surface area (Å²) in [5, 5.41) is 0. The molecule has 0 radical (unpaired) electrons. The first kappa shape index (κ1) is 15.4. The van der Waals surface area contributed by atoms with Crippen molar-refractivity contribution in [2.24, 2.45) is 0 Å². The van der Waals surface area contributed by atoms with Crippen molar-refractivity contribution in [3.63, 3.8) is 0 Å². The van der Waals surface area contributed by atoms with Gasteiger partial charge in [-0.3, -0.25) is 0 Å². The molecule has 0 unspecified atom stereocenters. The highest BCUT2D eigenvalue weighted by atomic mass is 15.1. The van der Waals surface area contributed by atoms with Crippen molar-refractivity contribution in [2.75, 3.05) is 40.8 Å². The van der Waals surface area contributed by atoms with Gasteiger partial charge < -0.3 is 9.80 Å². The third-order valence-electron chi connectivity index (χ3n) is 1.82. The molecular formula is C11H28N2. The van der Waals surface area contributed by atoms with Crippen LogP contribution in [0.15, 0.2) is 0 Å². The molecule has 0 amide bonds. The third kappa shape index (κ3) is 14.7. The van der Waals surface area contributed by atoms with Crippen LogP contribution in [0.5, 0.6) is 0 Å². The Morgan fingerprint density at radius 2 is 1.38 bits per heavy atom. The predicted octanol–water partition coefficient (Wildman–Crippen LogP) is 2.31. The summed E-state index contributed by atoms with van der Waals surface area (Å²) < 4.78 is 0. The highest BCUT2D eigenvalue weighted by molar-refractivity contribution is 4.53. The maximum Gasteiger partial charge on any atom is 0.0106 e. The topological polar surface area (TPSA) is 6.48 Å². The first-order valence-corrected chi connectivity index (χ1v) is 5.50. The van der Waals surface area contributed by atoms with Crippen LogP contribution in [0.1, 0.15) is 33.6 Å². The van der Waals surface area contributed by atoms with Crippen LogP contribution in [0.4, 0.5) is 0 Å². The molecule has 0 saturated carbocycles. The number of rotatable bonds is 6. The summed E-state index contributed by atoms with van der Waals surface area (Å²) in [5.41, 5.74) is 0. The van der Waals surface area contributed by atoms with E-state index in [1.165, 1.54) is 32.5 Å². The molecule has 0 aromatic rings. The van der Waals surface area contributed by atoms with E-state index in [-0.39, 0.29) is 0 Å². The van der Waals surface area contributed by atoms with E-state index in [0.717, 1.165) is 0 Å². The highest BCUT2D eigenvalue weighted by Crippen LogP contribution is 1.90. The van der Waals surface area contributed by atoms with Gasteiger partial charge >= 0.3 is 0 Å². The van der Waals surface area contributed by atoms with Crippen LogP contribution >= 0.6 is 0 Å². The molecule has 0 aromatic heterocycles. The quantitative estimate of drug-likeness (QED) is 0.631. The summed E-state index contributed by atoms with van der Waals surface area (Å²) in [6.07, 6.45) is 2.62. The Balaban J connectivity index is 0. The Hall–Kier alpha value is -0.0800.